The highest BCUT2D eigenvalue weighted by atomic mass is 16.6. The molecule has 11 heteroatoms. The number of ether oxygens (including phenoxy) is 2. The number of anilines is 2. The zero-order valence-corrected chi connectivity index (χ0v) is 16.3. The minimum absolute atomic E-state index is 0.204. The van der Waals surface area contributed by atoms with Crippen LogP contribution in [0.4, 0.5) is 11.8 Å². The van der Waals surface area contributed by atoms with E-state index in [9.17, 15) is 10.2 Å². The molecule has 1 aliphatic carbocycles. The average Bonchev–Trinajstić information content (AvgIpc) is 3.29. The number of nitrogens with two attached hydrogens (primary N) is 1. The summed E-state index contributed by atoms with van der Waals surface area (Å²) in [4.78, 5) is 13.0. The van der Waals surface area contributed by atoms with Gasteiger partial charge in [-0.1, -0.05) is 19.3 Å². The molecule has 3 heterocycles. The number of aliphatic hydroxyl groups is 2. The summed E-state index contributed by atoms with van der Waals surface area (Å²) >= 11 is 0. The largest absolute Gasteiger partial charge is 0.394 e. The summed E-state index contributed by atoms with van der Waals surface area (Å²) in [6, 6.07) is 0. The van der Waals surface area contributed by atoms with Crippen molar-refractivity contribution in [3.05, 3.63) is 6.33 Å². The minimum Gasteiger partial charge on any atom is -0.394 e. The van der Waals surface area contributed by atoms with Gasteiger partial charge in [-0.05, 0) is 18.8 Å². The molecule has 1 saturated heterocycles. The summed E-state index contributed by atoms with van der Waals surface area (Å²) in [6.45, 7) is -0.329. The van der Waals surface area contributed by atoms with Gasteiger partial charge in [-0.3, -0.25) is 4.57 Å². The summed E-state index contributed by atoms with van der Waals surface area (Å²) in [5, 5.41) is 24.0. The number of imidazole rings is 1. The first kappa shape index (κ1) is 20.0. The van der Waals surface area contributed by atoms with Crippen LogP contribution in [0.1, 0.15) is 38.3 Å². The molecule has 2 aromatic rings. The average molecular weight is 405 g/mol. The number of fused-ring (bicyclic) bond motifs is 1. The molecule has 5 N–H and O–H groups in total. The van der Waals surface area contributed by atoms with Crippen LogP contribution in [0.2, 0.25) is 0 Å². The lowest BCUT2D eigenvalue weighted by Gasteiger charge is -2.20. The van der Waals surface area contributed by atoms with E-state index in [0.717, 1.165) is 12.8 Å². The monoisotopic (exact) mass is 405 g/mol. The number of rotatable bonds is 6. The molecule has 0 amide bonds. The lowest BCUT2D eigenvalue weighted by molar-refractivity contribution is -0.0583. The standard InChI is InChI=1S/C18H27N7O4/c1-28-14-13(27)11(8-26)29-17(14)25-9-20-12-15(19)22-18(23-16(12)25)24-21-7-10-5-3-2-4-6-10/h7,9-11,13-14,17,26-27H,2-6,8H2,1H3,(H3,19,22,23,24)/b21-7+/t11-,13-,14?,17-/m1/s1. The third-order valence-electron chi connectivity index (χ3n) is 5.59. The van der Waals surface area contributed by atoms with Gasteiger partial charge >= 0.3 is 0 Å². The topological polar surface area (TPSA) is 153 Å². The van der Waals surface area contributed by atoms with E-state index in [2.05, 4.69) is 25.5 Å². The quantitative estimate of drug-likeness (QED) is 0.401. The van der Waals surface area contributed by atoms with Crippen LogP contribution in [0.5, 0.6) is 0 Å². The van der Waals surface area contributed by atoms with Crippen LogP contribution in [0.15, 0.2) is 11.4 Å². The van der Waals surface area contributed by atoms with Crippen molar-refractivity contribution in [1.29, 1.82) is 0 Å². The molecule has 2 aliphatic rings. The summed E-state index contributed by atoms with van der Waals surface area (Å²) < 4.78 is 12.8. The molecular formula is C18H27N7O4. The molecule has 0 spiro atoms. The van der Waals surface area contributed by atoms with Crippen LogP contribution < -0.4 is 11.2 Å². The van der Waals surface area contributed by atoms with Crippen molar-refractivity contribution >= 4 is 29.1 Å². The SMILES string of the molecule is COC1[C@H](n2cnc3c(N)nc(N/N=C/C4CCCCC4)nc32)O[C@H](CO)[C@H]1O. The molecule has 0 aromatic carbocycles. The fourth-order valence-corrected chi connectivity index (χ4v) is 4.01. The lowest BCUT2D eigenvalue weighted by Crippen LogP contribution is -2.34. The third kappa shape index (κ3) is 3.90. The second-order valence-corrected chi connectivity index (χ2v) is 7.48. The predicted molar refractivity (Wildman–Crippen MR) is 106 cm³/mol. The molecule has 11 nitrogen and oxygen atoms in total. The first-order chi connectivity index (χ1) is 14.1. The van der Waals surface area contributed by atoms with Gasteiger partial charge in [0.15, 0.2) is 17.7 Å². The molecule has 0 radical (unpaired) electrons. The van der Waals surface area contributed by atoms with Crippen LogP contribution in [-0.4, -0.2) is 68.0 Å². The Morgan fingerprint density at radius 3 is 2.90 bits per heavy atom. The number of nitrogen functional groups attached to an aromatic ring is 1. The molecular weight excluding hydrogens is 378 g/mol. The Labute approximate surface area is 167 Å². The number of nitrogens with zero attached hydrogens (tertiary/aromatic N) is 5. The number of hydrogen-bond acceptors (Lipinski definition) is 10. The van der Waals surface area contributed by atoms with E-state index in [1.54, 1.807) is 4.57 Å². The zero-order chi connectivity index (χ0) is 20.4. The molecule has 1 saturated carbocycles. The van der Waals surface area contributed by atoms with Gasteiger partial charge in [0.2, 0.25) is 5.95 Å². The molecule has 4 rings (SSSR count). The summed E-state index contributed by atoms with van der Waals surface area (Å²) in [6.07, 6.45) is 6.29. The van der Waals surface area contributed by atoms with Gasteiger partial charge in [0.1, 0.15) is 23.8 Å². The fraction of sp³-hybridized carbons (Fsp3) is 0.667. The highest BCUT2D eigenvalue weighted by molar-refractivity contribution is 5.83. The van der Waals surface area contributed by atoms with E-state index < -0.39 is 24.5 Å². The minimum atomic E-state index is -0.982. The maximum atomic E-state index is 10.3. The van der Waals surface area contributed by atoms with E-state index in [4.69, 9.17) is 15.2 Å². The molecule has 29 heavy (non-hydrogen) atoms. The van der Waals surface area contributed by atoms with Gasteiger partial charge < -0.3 is 25.4 Å². The van der Waals surface area contributed by atoms with Gasteiger partial charge in [-0.2, -0.15) is 15.1 Å². The zero-order valence-electron chi connectivity index (χ0n) is 16.3. The smallest absolute Gasteiger partial charge is 0.247 e. The first-order valence-corrected chi connectivity index (χ1v) is 9.88. The maximum Gasteiger partial charge on any atom is 0.247 e. The molecule has 158 valence electrons. The van der Waals surface area contributed by atoms with Gasteiger partial charge in [-0.25, -0.2) is 10.4 Å². The van der Waals surface area contributed by atoms with Crippen LogP contribution in [-0.2, 0) is 9.47 Å². The number of hydrazone groups is 1. The van der Waals surface area contributed by atoms with Gasteiger partial charge in [0, 0.05) is 13.3 Å². The highest BCUT2D eigenvalue weighted by Gasteiger charge is 2.45. The van der Waals surface area contributed by atoms with E-state index in [1.165, 1.54) is 32.7 Å². The third-order valence-corrected chi connectivity index (χ3v) is 5.59. The first-order valence-electron chi connectivity index (χ1n) is 9.88. The van der Waals surface area contributed by atoms with E-state index in [1.807, 2.05) is 6.21 Å². The molecule has 4 atom stereocenters. The van der Waals surface area contributed by atoms with Gasteiger partial charge in [-0.15, -0.1) is 0 Å². The van der Waals surface area contributed by atoms with Crippen molar-refractivity contribution in [2.75, 3.05) is 24.9 Å². The van der Waals surface area contributed by atoms with Crippen molar-refractivity contribution in [3.8, 4) is 0 Å². The van der Waals surface area contributed by atoms with Crippen molar-refractivity contribution < 1.29 is 19.7 Å². The fourth-order valence-electron chi connectivity index (χ4n) is 4.01. The Kier molecular flexibility index (Phi) is 5.90. The predicted octanol–water partition coefficient (Wildman–Crippen LogP) is 0.652. The van der Waals surface area contributed by atoms with Crippen molar-refractivity contribution in [3.63, 3.8) is 0 Å². The normalized spacial score (nSPS) is 28.5. The second kappa shape index (κ2) is 8.57. The molecule has 1 unspecified atom stereocenters. The Balaban J connectivity index is 1.59. The summed E-state index contributed by atoms with van der Waals surface area (Å²) in [5.74, 6) is 0.916. The maximum absolute atomic E-state index is 10.3. The van der Waals surface area contributed by atoms with Crippen LogP contribution in [0.3, 0.4) is 0 Å². The van der Waals surface area contributed by atoms with Gasteiger partial charge in [0.25, 0.3) is 0 Å². The summed E-state index contributed by atoms with van der Waals surface area (Å²) in [7, 11) is 1.47. The Hall–Kier alpha value is -2.34. The summed E-state index contributed by atoms with van der Waals surface area (Å²) in [5.41, 5.74) is 9.73. The molecule has 0 bridgehead atoms. The molecule has 2 fully saturated rings. The van der Waals surface area contributed by atoms with Crippen LogP contribution >= 0.6 is 0 Å². The highest BCUT2D eigenvalue weighted by Crippen LogP contribution is 2.34. The Bertz CT molecular complexity index is 867. The lowest BCUT2D eigenvalue weighted by atomic mass is 9.90. The van der Waals surface area contributed by atoms with E-state index >= 15 is 0 Å². The molecule has 1 aliphatic heterocycles. The van der Waals surface area contributed by atoms with E-state index in [0.29, 0.717) is 17.1 Å². The van der Waals surface area contributed by atoms with Crippen molar-refractivity contribution in [1.82, 2.24) is 19.5 Å². The van der Waals surface area contributed by atoms with Gasteiger partial charge in [0.05, 0.1) is 12.9 Å². The van der Waals surface area contributed by atoms with Crippen molar-refractivity contribution in [2.24, 2.45) is 11.0 Å². The number of nitrogens with one attached hydrogen (secondary N) is 1. The van der Waals surface area contributed by atoms with Crippen LogP contribution in [0, 0.1) is 5.92 Å². The number of methoxy groups -OCH3 is 1. The van der Waals surface area contributed by atoms with Crippen molar-refractivity contribution in [2.45, 2.75) is 56.6 Å². The Morgan fingerprint density at radius 2 is 2.17 bits per heavy atom. The Morgan fingerprint density at radius 1 is 1.38 bits per heavy atom. The second-order valence-electron chi connectivity index (χ2n) is 7.48. The number of aromatic nitrogens is 4. The van der Waals surface area contributed by atoms with Crippen LogP contribution in [0.25, 0.3) is 11.2 Å². The molecule has 2 aromatic heterocycles. The number of hydrogen-bond donors (Lipinski definition) is 4. The number of aliphatic hydroxyl groups excluding tert-OH is 2. The van der Waals surface area contributed by atoms with E-state index in [-0.39, 0.29) is 18.4 Å².